The van der Waals surface area contributed by atoms with Gasteiger partial charge >= 0.3 is 0 Å². The molecule has 0 aliphatic carbocycles. The van der Waals surface area contributed by atoms with E-state index in [1.807, 2.05) is 62.4 Å². The molecule has 1 aliphatic rings. The second kappa shape index (κ2) is 7.70. The van der Waals surface area contributed by atoms with Gasteiger partial charge in [-0.15, -0.1) is 0 Å². The molecule has 0 amide bonds. The van der Waals surface area contributed by atoms with Crippen LogP contribution in [0.15, 0.2) is 48.5 Å². The zero-order chi connectivity index (χ0) is 20.4. The second-order valence-electron chi connectivity index (χ2n) is 7.26. The van der Waals surface area contributed by atoms with Crippen LogP contribution in [0.4, 0.5) is 0 Å². The van der Waals surface area contributed by atoms with Crippen molar-refractivity contribution in [3.05, 3.63) is 54.2 Å². The number of aromatic nitrogens is 1. The summed E-state index contributed by atoms with van der Waals surface area (Å²) in [5.41, 5.74) is 1.83. The first kappa shape index (κ1) is 19.2. The maximum absolute atomic E-state index is 9.82. The minimum absolute atomic E-state index is 0.190. The molecule has 3 aromatic rings. The van der Waals surface area contributed by atoms with Gasteiger partial charge in [-0.05, 0) is 31.4 Å². The molecule has 1 aromatic heterocycles. The molecule has 0 bridgehead atoms. The number of hydrogen-bond acceptors (Lipinski definition) is 6. The van der Waals surface area contributed by atoms with Crippen LogP contribution < -0.4 is 9.47 Å². The number of para-hydroxylation sites is 1. The van der Waals surface area contributed by atoms with E-state index in [1.54, 1.807) is 7.11 Å². The molecule has 0 spiro atoms. The molecule has 148 valence electrons. The van der Waals surface area contributed by atoms with Crippen molar-refractivity contribution in [2.24, 2.45) is 0 Å². The summed E-state index contributed by atoms with van der Waals surface area (Å²) >= 11 is 0. The van der Waals surface area contributed by atoms with Crippen LogP contribution in [0.3, 0.4) is 0 Å². The third kappa shape index (κ3) is 3.75. The highest BCUT2D eigenvalue weighted by Gasteiger charge is 2.33. The van der Waals surface area contributed by atoms with E-state index in [1.165, 1.54) is 0 Å². The number of pyridine rings is 1. The van der Waals surface area contributed by atoms with Crippen molar-refractivity contribution in [2.45, 2.75) is 25.7 Å². The molecule has 0 saturated carbocycles. The number of fused-ring (bicyclic) bond motifs is 1. The number of methoxy groups -OCH3 is 1. The Kier molecular flexibility index (Phi) is 5.10. The fraction of sp³-hybridized carbons (Fsp3) is 0.304. The van der Waals surface area contributed by atoms with Crippen LogP contribution in [0, 0.1) is 11.3 Å². The van der Waals surface area contributed by atoms with Gasteiger partial charge in [-0.2, -0.15) is 5.26 Å². The summed E-state index contributed by atoms with van der Waals surface area (Å²) in [6.07, 6.45) is -0.190. The quantitative estimate of drug-likeness (QED) is 0.646. The monoisotopic (exact) mass is 390 g/mol. The third-order valence-corrected chi connectivity index (χ3v) is 4.83. The van der Waals surface area contributed by atoms with Gasteiger partial charge in [0.25, 0.3) is 0 Å². The molecule has 1 fully saturated rings. The first-order valence-corrected chi connectivity index (χ1v) is 9.43. The van der Waals surface area contributed by atoms with Crippen molar-refractivity contribution in [3.8, 4) is 28.8 Å². The molecule has 6 heteroatoms. The molecular weight excluding hydrogens is 368 g/mol. The summed E-state index contributed by atoms with van der Waals surface area (Å²) in [4.78, 5) is 4.53. The average molecular weight is 390 g/mol. The molecule has 29 heavy (non-hydrogen) atoms. The second-order valence-corrected chi connectivity index (χ2v) is 7.26. The largest absolute Gasteiger partial charge is 0.496 e. The van der Waals surface area contributed by atoms with Gasteiger partial charge < -0.3 is 18.9 Å². The minimum Gasteiger partial charge on any atom is -0.496 e. The van der Waals surface area contributed by atoms with Crippen molar-refractivity contribution in [3.63, 3.8) is 0 Å². The van der Waals surface area contributed by atoms with Gasteiger partial charge in [0.15, 0.2) is 11.5 Å². The average Bonchev–Trinajstić information content (AvgIpc) is 3.10. The molecule has 6 nitrogen and oxygen atoms in total. The summed E-state index contributed by atoms with van der Waals surface area (Å²) < 4.78 is 22.9. The van der Waals surface area contributed by atoms with E-state index in [0.717, 1.165) is 21.9 Å². The Bertz CT molecular complexity index is 1090. The summed E-state index contributed by atoms with van der Waals surface area (Å²) in [5, 5.41) is 11.5. The zero-order valence-electron chi connectivity index (χ0n) is 16.6. The fourth-order valence-electron chi connectivity index (χ4n) is 3.56. The zero-order valence-corrected chi connectivity index (χ0v) is 16.6. The van der Waals surface area contributed by atoms with Gasteiger partial charge in [-0.3, -0.25) is 0 Å². The number of ether oxygens (including phenoxy) is 4. The normalized spacial score (nSPS) is 17.8. The lowest BCUT2D eigenvalue weighted by molar-refractivity contribution is -0.141. The van der Waals surface area contributed by atoms with Crippen LogP contribution in [0.2, 0.25) is 0 Å². The van der Waals surface area contributed by atoms with E-state index in [9.17, 15) is 5.26 Å². The Labute approximate surface area is 169 Å². The Morgan fingerprint density at radius 1 is 1.14 bits per heavy atom. The highest BCUT2D eigenvalue weighted by atomic mass is 16.7. The maximum atomic E-state index is 9.82. The third-order valence-electron chi connectivity index (χ3n) is 4.83. The minimum atomic E-state index is -0.616. The van der Waals surface area contributed by atoms with Gasteiger partial charge in [0, 0.05) is 16.5 Å². The fourth-order valence-corrected chi connectivity index (χ4v) is 3.56. The molecule has 0 N–H and O–H groups in total. The molecular formula is C23H22N2O4. The molecule has 2 heterocycles. The Hall–Kier alpha value is -3.14. The lowest BCUT2D eigenvalue weighted by atomic mass is 9.96. The van der Waals surface area contributed by atoms with Crippen LogP contribution in [0.25, 0.3) is 21.9 Å². The molecule has 0 unspecified atom stereocenters. The van der Waals surface area contributed by atoms with Gasteiger partial charge in [-0.25, -0.2) is 4.98 Å². The lowest BCUT2D eigenvalue weighted by Crippen LogP contribution is -2.25. The van der Waals surface area contributed by atoms with Gasteiger partial charge in [0.2, 0.25) is 5.88 Å². The summed E-state index contributed by atoms with van der Waals surface area (Å²) in [6.45, 7) is 4.49. The molecule has 4 rings (SSSR count). The predicted molar refractivity (Wildman–Crippen MR) is 109 cm³/mol. The van der Waals surface area contributed by atoms with Crippen LogP contribution in [0.1, 0.15) is 19.5 Å². The summed E-state index contributed by atoms with van der Waals surface area (Å²) in [5.74, 6) is 0.474. The molecule has 0 radical (unpaired) electrons. The highest BCUT2D eigenvalue weighted by Crippen LogP contribution is 2.39. The predicted octanol–water partition coefficient (Wildman–Crippen LogP) is 4.31. The van der Waals surface area contributed by atoms with Crippen LogP contribution in [0.5, 0.6) is 11.6 Å². The number of benzene rings is 2. The molecule has 1 saturated heterocycles. The standard InChI is InChI=1S/C23H22N2O4/c1-23(2)28-14-15(29-23)13-27-22-17-9-5-4-8-16(17)21(19(12-24)25-22)18-10-6-7-11-20(18)26-3/h4-11,15H,13-14H2,1-3H3/t15-/m0/s1. The smallest absolute Gasteiger partial charge is 0.222 e. The lowest BCUT2D eigenvalue weighted by Gasteiger charge is -2.18. The van der Waals surface area contributed by atoms with E-state index in [2.05, 4.69) is 11.1 Å². The summed E-state index contributed by atoms with van der Waals surface area (Å²) in [7, 11) is 1.61. The number of hydrogen-bond donors (Lipinski definition) is 0. The number of nitriles is 1. The van der Waals surface area contributed by atoms with Crippen molar-refractivity contribution in [2.75, 3.05) is 20.3 Å². The van der Waals surface area contributed by atoms with Crippen LogP contribution in [-0.4, -0.2) is 37.2 Å². The number of rotatable bonds is 5. The van der Waals surface area contributed by atoms with Crippen molar-refractivity contribution >= 4 is 10.8 Å². The summed E-state index contributed by atoms with van der Waals surface area (Å²) in [6, 6.07) is 17.6. The Balaban J connectivity index is 1.78. The molecule has 1 atom stereocenters. The molecule has 2 aromatic carbocycles. The van der Waals surface area contributed by atoms with Crippen LogP contribution in [-0.2, 0) is 9.47 Å². The van der Waals surface area contributed by atoms with Crippen LogP contribution >= 0.6 is 0 Å². The van der Waals surface area contributed by atoms with Gasteiger partial charge in [0.1, 0.15) is 24.5 Å². The molecule has 1 aliphatic heterocycles. The van der Waals surface area contributed by atoms with Crippen molar-refractivity contribution < 1.29 is 18.9 Å². The first-order chi connectivity index (χ1) is 14.0. The Morgan fingerprint density at radius 2 is 1.86 bits per heavy atom. The number of nitrogens with zero attached hydrogens (tertiary/aromatic N) is 2. The van der Waals surface area contributed by atoms with E-state index in [4.69, 9.17) is 18.9 Å². The van der Waals surface area contributed by atoms with E-state index < -0.39 is 5.79 Å². The van der Waals surface area contributed by atoms with Gasteiger partial charge in [0.05, 0.1) is 13.7 Å². The van der Waals surface area contributed by atoms with E-state index >= 15 is 0 Å². The first-order valence-electron chi connectivity index (χ1n) is 9.43. The SMILES string of the molecule is COc1ccccc1-c1c(C#N)nc(OC[C@H]2COC(C)(C)O2)c2ccccc12. The van der Waals surface area contributed by atoms with E-state index in [0.29, 0.717) is 24.8 Å². The topological polar surface area (TPSA) is 73.6 Å². The van der Waals surface area contributed by atoms with Crippen molar-refractivity contribution in [1.29, 1.82) is 5.26 Å². The highest BCUT2D eigenvalue weighted by molar-refractivity contribution is 6.02. The van der Waals surface area contributed by atoms with Gasteiger partial charge in [-0.1, -0.05) is 36.4 Å². The van der Waals surface area contributed by atoms with E-state index in [-0.39, 0.29) is 11.8 Å². The maximum Gasteiger partial charge on any atom is 0.222 e. The Morgan fingerprint density at radius 3 is 2.55 bits per heavy atom. The van der Waals surface area contributed by atoms with Crippen molar-refractivity contribution in [1.82, 2.24) is 4.98 Å².